The summed E-state index contributed by atoms with van der Waals surface area (Å²) in [4.78, 5) is 4.34. The van der Waals surface area contributed by atoms with Crippen LogP contribution in [-0.2, 0) is 6.54 Å². The summed E-state index contributed by atoms with van der Waals surface area (Å²) in [5.41, 5.74) is 6.15. The molecular formula is C13H20N2O2. The molecule has 0 spiro atoms. The quantitative estimate of drug-likeness (QED) is 0.871. The molecule has 4 nitrogen and oxygen atoms in total. The Hall–Kier alpha value is -1.29. The lowest BCUT2D eigenvalue weighted by molar-refractivity contribution is 0.123. The van der Waals surface area contributed by atoms with Gasteiger partial charge in [-0.2, -0.15) is 0 Å². The van der Waals surface area contributed by atoms with Crippen molar-refractivity contribution in [2.75, 3.05) is 0 Å². The Morgan fingerprint density at radius 3 is 2.59 bits per heavy atom. The molecule has 2 rings (SSSR count). The molecule has 0 saturated heterocycles. The van der Waals surface area contributed by atoms with Crippen molar-refractivity contribution >= 4 is 0 Å². The van der Waals surface area contributed by atoms with Gasteiger partial charge in [-0.15, -0.1) is 0 Å². The van der Waals surface area contributed by atoms with Gasteiger partial charge >= 0.3 is 0 Å². The number of nitrogens with two attached hydrogens (primary N) is 1. The first-order valence-electron chi connectivity index (χ1n) is 6.03. The summed E-state index contributed by atoms with van der Waals surface area (Å²) in [7, 11) is 0. The van der Waals surface area contributed by atoms with Gasteiger partial charge in [0.25, 0.3) is 0 Å². The van der Waals surface area contributed by atoms with E-state index in [1.54, 1.807) is 0 Å². The second kappa shape index (κ2) is 4.53. The molecule has 0 bridgehead atoms. The molecule has 1 heterocycles. The van der Waals surface area contributed by atoms with E-state index in [1.165, 1.54) is 0 Å². The average Bonchev–Trinajstić information content (AvgIpc) is 2.98. The molecule has 1 aliphatic carbocycles. The van der Waals surface area contributed by atoms with Crippen LogP contribution in [0.1, 0.15) is 39.3 Å². The normalized spacial score (nSPS) is 15.8. The molecule has 1 saturated carbocycles. The fourth-order valence-electron chi connectivity index (χ4n) is 1.45. The highest BCUT2D eigenvalue weighted by Crippen LogP contribution is 2.29. The predicted molar refractivity (Wildman–Crippen MR) is 66.2 cm³/mol. The second-order valence-corrected chi connectivity index (χ2v) is 5.37. The van der Waals surface area contributed by atoms with Gasteiger partial charge in [-0.3, -0.25) is 0 Å². The van der Waals surface area contributed by atoms with Crippen LogP contribution in [0.4, 0.5) is 0 Å². The van der Waals surface area contributed by atoms with Crippen molar-refractivity contribution < 1.29 is 9.47 Å². The van der Waals surface area contributed by atoms with Crippen LogP contribution in [0.2, 0.25) is 0 Å². The van der Waals surface area contributed by atoms with Gasteiger partial charge < -0.3 is 15.2 Å². The van der Waals surface area contributed by atoms with E-state index in [9.17, 15) is 0 Å². The van der Waals surface area contributed by atoms with Crippen LogP contribution in [0.25, 0.3) is 0 Å². The van der Waals surface area contributed by atoms with Crippen molar-refractivity contribution in [1.82, 2.24) is 4.98 Å². The standard InChI is InChI=1S/C13H20N2O2/c1-13(2,3)17-12-7-11(16-10-4-5-10)6-9(8-14)15-12/h6-7,10H,4-5,8,14H2,1-3H3. The highest BCUT2D eigenvalue weighted by atomic mass is 16.5. The Morgan fingerprint density at radius 1 is 1.35 bits per heavy atom. The van der Waals surface area contributed by atoms with Crippen molar-refractivity contribution in [3.8, 4) is 11.6 Å². The molecule has 1 fully saturated rings. The van der Waals surface area contributed by atoms with E-state index in [0.29, 0.717) is 18.5 Å². The molecule has 17 heavy (non-hydrogen) atoms. The number of ether oxygens (including phenoxy) is 2. The molecule has 0 aliphatic heterocycles. The number of rotatable bonds is 4. The van der Waals surface area contributed by atoms with E-state index in [2.05, 4.69) is 4.98 Å². The number of hydrogen-bond acceptors (Lipinski definition) is 4. The molecule has 94 valence electrons. The van der Waals surface area contributed by atoms with E-state index in [1.807, 2.05) is 32.9 Å². The smallest absolute Gasteiger partial charge is 0.217 e. The van der Waals surface area contributed by atoms with Gasteiger partial charge in [0.05, 0.1) is 11.8 Å². The molecule has 0 unspecified atom stereocenters. The highest BCUT2D eigenvalue weighted by molar-refractivity contribution is 5.31. The molecule has 1 aromatic heterocycles. The van der Waals surface area contributed by atoms with Crippen molar-refractivity contribution in [2.24, 2.45) is 5.73 Å². The van der Waals surface area contributed by atoms with Gasteiger partial charge in [0.1, 0.15) is 11.4 Å². The summed E-state index contributed by atoms with van der Waals surface area (Å²) < 4.78 is 11.5. The lowest BCUT2D eigenvalue weighted by Gasteiger charge is -2.21. The van der Waals surface area contributed by atoms with E-state index in [-0.39, 0.29) is 5.60 Å². The minimum absolute atomic E-state index is 0.267. The Bertz CT molecular complexity index is 395. The third-order valence-corrected chi connectivity index (χ3v) is 2.28. The first-order valence-corrected chi connectivity index (χ1v) is 6.03. The van der Waals surface area contributed by atoms with Crippen LogP contribution in [0.15, 0.2) is 12.1 Å². The Labute approximate surface area is 102 Å². The van der Waals surface area contributed by atoms with Gasteiger partial charge in [-0.25, -0.2) is 4.98 Å². The molecular weight excluding hydrogens is 216 g/mol. The lowest BCUT2D eigenvalue weighted by Crippen LogP contribution is -2.23. The summed E-state index contributed by atoms with van der Waals surface area (Å²) in [5.74, 6) is 1.39. The minimum atomic E-state index is -0.267. The van der Waals surface area contributed by atoms with E-state index < -0.39 is 0 Å². The van der Waals surface area contributed by atoms with E-state index in [0.717, 1.165) is 24.3 Å². The zero-order chi connectivity index (χ0) is 12.5. The third kappa shape index (κ3) is 3.89. The minimum Gasteiger partial charge on any atom is -0.490 e. The topological polar surface area (TPSA) is 57.4 Å². The van der Waals surface area contributed by atoms with Gasteiger partial charge in [0.15, 0.2) is 0 Å². The molecule has 0 aromatic carbocycles. The summed E-state index contributed by atoms with van der Waals surface area (Å²) >= 11 is 0. The van der Waals surface area contributed by atoms with Crippen molar-refractivity contribution in [2.45, 2.75) is 51.9 Å². The molecule has 0 amide bonds. The molecule has 2 N–H and O–H groups in total. The maximum atomic E-state index is 5.75. The summed E-state index contributed by atoms with van der Waals surface area (Å²) in [5, 5.41) is 0. The molecule has 1 aliphatic rings. The lowest BCUT2D eigenvalue weighted by atomic mass is 10.2. The van der Waals surface area contributed by atoms with Gasteiger partial charge in [0, 0.05) is 18.7 Å². The number of nitrogens with zero attached hydrogens (tertiary/aromatic N) is 1. The van der Waals surface area contributed by atoms with Crippen LogP contribution in [0, 0.1) is 0 Å². The van der Waals surface area contributed by atoms with Crippen molar-refractivity contribution in [3.63, 3.8) is 0 Å². The van der Waals surface area contributed by atoms with Gasteiger partial charge in [-0.1, -0.05) is 0 Å². The maximum absolute atomic E-state index is 5.75. The Kier molecular flexibility index (Phi) is 3.24. The Morgan fingerprint density at radius 2 is 2.06 bits per heavy atom. The SMILES string of the molecule is CC(C)(C)Oc1cc(OC2CC2)cc(CN)n1. The summed E-state index contributed by atoms with van der Waals surface area (Å²) in [6, 6.07) is 3.72. The summed E-state index contributed by atoms with van der Waals surface area (Å²) in [6.45, 7) is 6.37. The van der Waals surface area contributed by atoms with Crippen molar-refractivity contribution in [3.05, 3.63) is 17.8 Å². The molecule has 0 radical (unpaired) electrons. The summed E-state index contributed by atoms with van der Waals surface area (Å²) in [6.07, 6.45) is 2.64. The van der Waals surface area contributed by atoms with Crippen LogP contribution < -0.4 is 15.2 Å². The van der Waals surface area contributed by atoms with Crippen molar-refractivity contribution in [1.29, 1.82) is 0 Å². The molecule has 4 heteroatoms. The van der Waals surface area contributed by atoms with Gasteiger partial charge in [0.2, 0.25) is 5.88 Å². The zero-order valence-electron chi connectivity index (χ0n) is 10.7. The molecule has 1 aromatic rings. The van der Waals surface area contributed by atoms with E-state index in [4.69, 9.17) is 15.2 Å². The monoisotopic (exact) mass is 236 g/mol. The third-order valence-electron chi connectivity index (χ3n) is 2.28. The number of pyridine rings is 1. The van der Waals surface area contributed by atoms with Crippen LogP contribution >= 0.6 is 0 Å². The highest BCUT2D eigenvalue weighted by Gasteiger charge is 2.24. The number of hydrogen-bond donors (Lipinski definition) is 1. The second-order valence-electron chi connectivity index (χ2n) is 5.37. The molecule has 0 atom stereocenters. The maximum Gasteiger partial charge on any atom is 0.217 e. The predicted octanol–water partition coefficient (Wildman–Crippen LogP) is 2.26. The van der Waals surface area contributed by atoms with E-state index >= 15 is 0 Å². The van der Waals surface area contributed by atoms with Crippen LogP contribution in [0.5, 0.6) is 11.6 Å². The fraction of sp³-hybridized carbons (Fsp3) is 0.615. The fourth-order valence-corrected chi connectivity index (χ4v) is 1.45. The van der Waals surface area contributed by atoms with Crippen LogP contribution in [-0.4, -0.2) is 16.7 Å². The first-order chi connectivity index (χ1) is 7.96. The largest absolute Gasteiger partial charge is 0.490 e. The Balaban J connectivity index is 2.18. The first kappa shape index (κ1) is 12.2. The number of aromatic nitrogens is 1. The van der Waals surface area contributed by atoms with Crippen LogP contribution in [0.3, 0.4) is 0 Å². The van der Waals surface area contributed by atoms with Gasteiger partial charge in [-0.05, 0) is 33.6 Å². The zero-order valence-corrected chi connectivity index (χ0v) is 10.7. The average molecular weight is 236 g/mol.